The van der Waals surface area contributed by atoms with E-state index < -0.39 is 6.10 Å². The molecule has 0 heterocycles. The molecule has 0 aliphatic rings. The molecule has 0 rings (SSSR count). The van der Waals surface area contributed by atoms with Gasteiger partial charge < -0.3 is 14.2 Å². The summed E-state index contributed by atoms with van der Waals surface area (Å²) in [5, 5.41) is 0. The van der Waals surface area contributed by atoms with E-state index in [-0.39, 0.29) is 31.1 Å². The van der Waals surface area contributed by atoms with Crippen LogP contribution in [0, 0.1) is 0 Å². The maximum absolute atomic E-state index is 12.7. The number of ether oxygens (including phenoxy) is 3. The molecule has 0 saturated carbocycles. The number of rotatable bonds is 44. The normalized spacial score (nSPS) is 11.8. The molecule has 0 saturated heterocycles. The molecular weight excluding hydrogens is 709 g/mol. The average Bonchev–Trinajstić information content (AvgIpc) is 3.21. The Morgan fingerprint density at radius 3 is 0.860 bits per heavy atom. The minimum Gasteiger partial charge on any atom is -0.462 e. The van der Waals surface area contributed by atoms with Crippen molar-refractivity contribution in [1.29, 1.82) is 0 Å². The molecule has 0 spiro atoms. The van der Waals surface area contributed by atoms with Gasteiger partial charge in [-0.15, -0.1) is 0 Å². The van der Waals surface area contributed by atoms with Crippen molar-refractivity contribution in [2.24, 2.45) is 0 Å². The molecule has 0 aromatic heterocycles. The quantitative estimate of drug-likeness (QED) is 0.0264. The third-order valence-electron chi connectivity index (χ3n) is 10.6. The molecular formula is C51H92O6. The number of allylic oxidation sites excluding steroid dienone is 6. The number of hydrogen-bond acceptors (Lipinski definition) is 6. The Bertz CT molecular complexity index is 917. The zero-order valence-corrected chi connectivity index (χ0v) is 37.9. The molecule has 0 amide bonds. The summed E-state index contributed by atoms with van der Waals surface area (Å²) < 4.78 is 16.7. The van der Waals surface area contributed by atoms with E-state index in [1.54, 1.807) is 0 Å². The van der Waals surface area contributed by atoms with E-state index in [4.69, 9.17) is 14.2 Å². The van der Waals surface area contributed by atoms with Gasteiger partial charge in [-0.3, -0.25) is 14.4 Å². The highest BCUT2D eigenvalue weighted by molar-refractivity contribution is 5.71. The Hall–Kier alpha value is -2.37. The highest BCUT2D eigenvalue weighted by Gasteiger charge is 2.19. The molecule has 0 fully saturated rings. The summed E-state index contributed by atoms with van der Waals surface area (Å²) in [4.78, 5) is 37.8. The van der Waals surface area contributed by atoms with Gasteiger partial charge in [0.15, 0.2) is 6.10 Å². The number of hydrogen-bond donors (Lipinski definition) is 0. The molecule has 0 aliphatic heterocycles. The molecule has 0 radical (unpaired) electrons. The molecule has 332 valence electrons. The number of carbonyl (C=O) groups excluding carboxylic acids is 3. The van der Waals surface area contributed by atoms with Crippen molar-refractivity contribution in [3.63, 3.8) is 0 Å². The van der Waals surface area contributed by atoms with Gasteiger partial charge in [0.05, 0.1) is 0 Å². The Kier molecular flexibility index (Phi) is 44.4. The van der Waals surface area contributed by atoms with Crippen LogP contribution in [0.4, 0.5) is 0 Å². The van der Waals surface area contributed by atoms with E-state index in [9.17, 15) is 14.4 Å². The summed E-state index contributed by atoms with van der Waals surface area (Å²) in [6.45, 7) is 6.58. The van der Waals surface area contributed by atoms with Crippen molar-refractivity contribution in [1.82, 2.24) is 0 Å². The molecule has 0 N–H and O–H groups in total. The molecule has 0 aromatic rings. The molecule has 0 aromatic carbocycles. The highest BCUT2D eigenvalue weighted by atomic mass is 16.6. The van der Waals surface area contributed by atoms with Crippen LogP contribution in [0.15, 0.2) is 36.5 Å². The Labute approximate surface area is 353 Å². The van der Waals surface area contributed by atoms with E-state index in [1.807, 2.05) is 0 Å². The fourth-order valence-corrected chi connectivity index (χ4v) is 6.84. The van der Waals surface area contributed by atoms with Crippen LogP contribution in [0.25, 0.3) is 0 Å². The third-order valence-corrected chi connectivity index (χ3v) is 10.6. The van der Waals surface area contributed by atoms with E-state index in [1.165, 1.54) is 116 Å². The van der Waals surface area contributed by atoms with Crippen molar-refractivity contribution in [3.05, 3.63) is 36.5 Å². The van der Waals surface area contributed by atoms with Crippen molar-refractivity contribution in [2.75, 3.05) is 13.2 Å². The summed E-state index contributed by atoms with van der Waals surface area (Å²) in [5.74, 6) is -0.915. The van der Waals surface area contributed by atoms with Gasteiger partial charge in [-0.2, -0.15) is 0 Å². The predicted octanol–water partition coefficient (Wildman–Crippen LogP) is 15.8. The summed E-state index contributed by atoms with van der Waals surface area (Å²) in [7, 11) is 0. The maximum Gasteiger partial charge on any atom is 0.306 e. The monoisotopic (exact) mass is 801 g/mol. The van der Waals surface area contributed by atoms with Gasteiger partial charge in [-0.05, 0) is 96.3 Å². The van der Waals surface area contributed by atoms with Gasteiger partial charge in [0.25, 0.3) is 0 Å². The van der Waals surface area contributed by atoms with Crippen molar-refractivity contribution >= 4 is 17.9 Å². The number of unbranched alkanes of at least 4 members (excludes halogenated alkanes) is 27. The molecule has 6 heteroatoms. The van der Waals surface area contributed by atoms with Gasteiger partial charge in [0, 0.05) is 19.3 Å². The lowest BCUT2D eigenvalue weighted by Gasteiger charge is -2.18. The average molecular weight is 801 g/mol. The van der Waals surface area contributed by atoms with Crippen LogP contribution in [0.1, 0.15) is 252 Å². The van der Waals surface area contributed by atoms with Crippen molar-refractivity contribution in [2.45, 2.75) is 258 Å². The first kappa shape index (κ1) is 54.6. The molecule has 0 aliphatic carbocycles. The van der Waals surface area contributed by atoms with Crippen molar-refractivity contribution in [3.8, 4) is 0 Å². The topological polar surface area (TPSA) is 78.9 Å². The first-order valence-corrected chi connectivity index (χ1v) is 24.5. The standard InChI is InChI=1S/C51H92O6/c1-4-7-10-13-16-19-22-25-28-31-34-37-40-43-49(52)55-46-48(57-51(54)45-42-39-36-33-30-27-24-21-18-15-12-9-6-3)47-56-50(53)44-41-38-35-32-29-26-23-20-17-14-11-8-5-2/h22-27,48H,4-21,28-47H2,1-3H3/b25-22-,26-23-,27-24-. The van der Waals surface area contributed by atoms with Gasteiger partial charge in [0.2, 0.25) is 0 Å². The summed E-state index contributed by atoms with van der Waals surface area (Å²) >= 11 is 0. The summed E-state index contributed by atoms with van der Waals surface area (Å²) in [6, 6.07) is 0. The second-order valence-corrected chi connectivity index (χ2v) is 16.4. The fraction of sp³-hybridized carbons (Fsp3) is 0.824. The minimum absolute atomic E-state index is 0.0850. The fourth-order valence-electron chi connectivity index (χ4n) is 6.84. The minimum atomic E-state index is -0.783. The van der Waals surface area contributed by atoms with E-state index >= 15 is 0 Å². The first-order chi connectivity index (χ1) is 28.0. The maximum atomic E-state index is 12.7. The molecule has 0 atom stereocenters. The van der Waals surface area contributed by atoms with Gasteiger partial charge in [0.1, 0.15) is 13.2 Å². The predicted molar refractivity (Wildman–Crippen MR) is 242 cm³/mol. The zero-order valence-electron chi connectivity index (χ0n) is 37.9. The molecule has 57 heavy (non-hydrogen) atoms. The van der Waals surface area contributed by atoms with Crippen LogP contribution >= 0.6 is 0 Å². The summed E-state index contributed by atoms with van der Waals surface area (Å²) in [5.41, 5.74) is 0. The summed E-state index contributed by atoms with van der Waals surface area (Å²) in [6.07, 6.45) is 52.6. The number of carbonyl (C=O) groups is 3. The van der Waals surface area contributed by atoms with Crippen molar-refractivity contribution < 1.29 is 28.6 Å². The second-order valence-electron chi connectivity index (χ2n) is 16.4. The lowest BCUT2D eigenvalue weighted by Crippen LogP contribution is -2.30. The van der Waals surface area contributed by atoms with Gasteiger partial charge in [-0.1, -0.05) is 173 Å². The van der Waals surface area contributed by atoms with E-state index in [2.05, 4.69) is 57.2 Å². The van der Waals surface area contributed by atoms with Crippen LogP contribution in [0.3, 0.4) is 0 Å². The second kappa shape index (κ2) is 46.3. The third kappa shape index (κ3) is 44.6. The van der Waals surface area contributed by atoms with E-state index in [0.717, 1.165) is 96.3 Å². The lowest BCUT2D eigenvalue weighted by molar-refractivity contribution is -0.167. The van der Waals surface area contributed by atoms with Crippen LogP contribution in [-0.4, -0.2) is 37.2 Å². The van der Waals surface area contributed by atoms with Gasteiger partial charge >= 0.3 is 17.9 Å². The van der Waals surface area contributed by atoms with Crippen LogP contribution in [-0.2, 0) is 28.6 Å². The van der Waals surface area contributed by atoms with Crippen LogP contribution in [0.2, 0.25) is 0 Å². The Balaban J connectivity index is 4.42. The zero-order chi connectivity index (χ0) is 41.5. The Morgan fingerprint density at radius 2 is 0.579 bits per heavy atom. The smallest absolute Gasteiger partial charge is 0.306 e. The van der Waals surface area contributed by atoms with Crippen LogP contribution in [0.5, 0.6) is 0 Å². The highest BCUT2D eigenvalue weighted by Crippen LogP contribution is 2.13. The van der Waals surface area contributed by atoms with Crippen LogP contribution < -0.4 is 0 Å². The first-order valence-electron chi connectivity index (χ1n) is 24.5. The molecule has 0 unspecified atom stereocenters. The Morgan fingerprint density at radius 1 is 0.333 bits per heavy atom. The van der Waals surface area contributed by atoms with E-state index in [0.29, 0.717) is 19.3 Å². The number of esters is 3. The SMILES string of the molecule is CCCCCCC/C=C\CCCCCCC(=O)OCC(COC(=O)CCCCCC/C=C\CCCCCCC)OC(=O)CCCCCC/C=C\CCCCCCC. The molecule has 6 nitrogen and oxygen atoms in total. The molecule has 0 bridgehead atoms. The largest absolute Gasteiger partial charge is 0.462 e. The lowest BCUT2D eigenvalue weighted by atomic mass is 10.1. The van der Waals surface area contributed by atoms with Gasteiger partial charge in [-0.25, -0.2) is 0 Å².